The van der Waals surface area contributed by atoms with E-state index in [1.165, 1.54) is 0 Å². The minimum Gasteiger partial charge on any atom is -0.299 e. The summed E-state index contributed by atoms with van der Waals surface area (Å²) in [6, 6.07) is 0. The van der Waals surface area contributed by atoms with Gasteiger partial charge in [0.25, 0.3) is 0 Å². The third-order valence-corrected chi connectivity index (χ3v) is 1.87. The fourth-order valence-corrected chi connectivity index (χ4v) is 1.22. The first-order valence-electron chi connectivity index (χ1n) is 3.52. The lowest BCUT2D eigenvalue weighted by molar-refractivity contribution is -0.185. The normalized spacial score (nSPS) is 26.1. The number of carbonyl (C=O) groups is 2. The number of alkyl halides is 3. The summed E-state index contributed by atoms with van der Waals surface area (Å²) in [5.74, 6) is -3.28. The van der Waals surface area contributed by atoms with Crippen LogP contribution in [0.1, 0.15) is 19.3 Å². The van der Waals surface area contributed by atoms with Crippen LogP contribution in [0.15, 0.2) is 0 Å². The average molecular weight is 180 g/mol. The summed E-state index contributed by atoms with van der Waals surface area (Å²) in [5, 5.41) is 0. The molecule has 0 aromatic rings. The average Bonchev–Trinajstić information content (AvgIpc) is 1.83. The summed E-state index contributed by atoms with van der Waals surface area (Å²) in [5.41, 5.74) is 0. The van der Waals surface area contributed by atoms with Crippen molar-refractivity contribution in [3.63, 3.8) is 0 Å². The molecule has 0 heterocycles. The van der Waals surface area contributed by atoms with Gasteiger partial charge in [-0.25, -0.2) is 0 Å². The number of ketones is 2. The zero-order valence-electron chi connectivity index (χ0n) is 6.15. The molecule has 0 N–H and O–H groups in total. The second kappa shape index (κ2) is 2.88. The van der Waals surface area contributed by atoms with Crippen molar-refractivity contribution in [2.45, 2.75) is 25.4 Å². The van der Waals surface area contributed by atoms with Crippen molar-refractivity contribution < 1.29 is 22.8 Å². The second-order valence-electron chi connectivity index (χ2n) is 2.81. The number of hydrogen-bond donors (Lipinski definition) is 0. The summed E-state index contributed by atoms with van der Waals surface area (Å²) in [7, 11) is 0. The van der Waals surface area contributed by atoms with E-state index in [1.807, 2.05) is 0 Å². The van der Waals surface area contributed by atoms with Gasteiger partial charge in [-0.05, 0) is 6.42 Å². The topological polar surface area (TPSA) is 34.1 Å². The second-order valence-corrected chi connectivity index (χ2v) is 2.81. The van der Waals surface area contributed by atoms with Crippen molar-refractivity contribution in [2.24, 2.45) is 5.92 Å². The van der Waals surface area contributed by atoms with Gasteiger partial charge in [0.15, 0.2) is 5.78 Å². The number of halogens is 3. The molecule has 5 heteroatoms. The van der Waals surface area contributed by atoms with Gasteiger partial charge in [-0.1, -0.05) is 0 Å². The molecule has 0 aliphatic heterocycles. The maximum Gasteiger partial charge on any atom is 0.398 e. The van der Waals surface area contributed by atoms with E-state index in [1.54, 1.807) is 0 Å². The van der Waals surface area contributed by atoms with E-state index in [2.05, 4.69) is 0 Å². The predicted octanol–water partition coefficient (Wildman–Crippen LogP) is 1.49. The third-order valence-electron chi connectivity index (χ3n) is 1.87. The Balaban J connectivity index is 2.69. The van der Waals surface area contributed by atoms with Crippen LogP contribution in [0.3, 0.4) is 0 Å². The lowest BCUT2D eigenvalue weighted by Crippen LogP contribution is -2.35. The molecular weight excluding hydrogens is 173 g/mol. The molecule has 1 fully saturated rings. The molecule has 2 nitrogen and oxygen atoms in total. The zero-order valence-corrected chi connectivity index (χ0v) is 6.15. The molecule has 0 saturated heterocycles. The highest BCUT2D eigenvalue weighted by atomic mass is 19.4. The van der Waals surface area contributed by atoms with Gasteiger partial charge in [0.1, 0.15) is 11.7 Å². The Hall–Kier alpha value is -0.870. The predicted molar refractivity (Wildman–Crippen MR) is 33.4 cm³/mol. The molecular formula is C7H7F3O2. The SMILES string of the molecule is O=C1CCC(C(F)(F)F)C(=O)C1. The summed E-state index contributed by atoms with van der Waals surface area (Å²) in [4.78, 5) is 21.3. The number of rotatable bonds is 0. The van der Waals surface area contributed by atoms with Crippen molar-refractivity contribution in [1.82, 2.24) is 0 Å². The standard InChI is InChI=1S/C7H7F3O2/c8-7(9,10)5-2-1-4(11)3-6(5)12/h5H,1-3H2. The molecule has 1 aliphatic rings. The minimum absolute atomic E-state index is 0.129. The van der Waals surface area contributed by atoms with Crippen molar-refractivity contribution in [1.29, 1.82) is 0 Å². The Kier molecular flexibility index (Phi) is 2.21. The van der Waals surface area contributed by atoms with Crippen LogP contribution in [0.4, 0.5) is 13.2 Å². The minimum atomic E-state index is -4.47. The molecule has 1 aliphatic carbocycles. The van der Waals surface area contributed by atoms with Crippen LogP contribution >= 0.6 is 0 Å². The smallest absolute Gasteiger partial charge is 0.299 e. The van der Waals surface area contributed by atoms with E-state index in [0.29, 0.717) is 0 Å². The fourth-order valence-electron chi connectivity index (χ4n) is 1.22. The van der Waals surface area contributed by atoms with Crippen LogP contribution in [0.25, 0.3) is 0 Å². The van der Waals surface area contributed by atoms with Gasteiger partial charge in [-0.2, -0.15) is 13.2 Å². The Morgan fingerprint density at radius 3 is 2.25 bits per heavy atom. The van der Waals surface area contributed by atoms with Gasteiger partial charge in [0, 0.05) is 6.42 Å². The third kappa shape index (κ3) is 1.84. The van der Waals surface area contributed by atoms with Crippen LogP contribution in [0.5, 0.6) is 0 Å². The van der Waals surface area contributed by atoms with Gasteiger partial charge in [-0.3, -0.25) is 9.59 Å². The first-order chi connectivity index (χ1) is 5.41. The van der Waals surface area contributed by atoms with Gasteiger partial charge >= 0.3 is 6.18 Å². The molecule has 0 amide bonds. The molecule has 0 aromatic carbocycles. The molecule has 1 atom stereocenters. The Bertz CT molecular complexity index is 219. The maximum atomic E-state index is 12.0. The van der Waals surface area contributed by atoms with Gasteiger partial charge < -0.3 is 0 Å². The monoisotopic (exact) mass is 180 g/mol. The first kappa shape index (κ1) is 9.22. The highest BCUT2D eigenvalue weighted by Gasteiger charge is 2.46. The lowest BCUT2D eigenvalue weighted by atomic mass is 9.87. The summed E-state index contributed by atoms with van der Waals surface area (Å²) >= 11 is 0. The Labute approximate surface area is 66.7 Å². The summed E-state index contributed by atoms with van der Waals surface area (Å²) in [6.07, 6.45) is -5.53. The molecule has 1 rings (SSSR count). The van der Waals surface area contributed by atoms with Crippen molar-refractivity contribution in [2.75, 3.05) is 0 Å². The summed E-state index contributed by atoms with van der Waals surface area (Å²) < 4.78 is 36.0. The summed E-state index contributed by atoms with van der Waals surface area (Å²) in [6.45, 7) is 0. The van der Waals surface area contributed by atoms with E-state index in [9.17, 15) is 22.8 Å². The molecule has 0 radical (unpaired) electrons. The van der Waals surface area contributed by atoms with Gasteiger partial charge in [-0.15, -0.1) is 0 Å². The highest BCUT2D eigenvalue weighted by Crippen LogP contribution is 2.34. The molecule has 68 valence electrons. The molecule has 1 saturated carbocycles. The number of Topliss-reactive ketones (excluding diaryl/α,β-unsaturated/α-hetero) is 2. The largest absolute Gasteiger partial charge is 0.398 e. The van der Waals surface area contributed by atoms with Crippen LogP contribution in [-0.2, 0) is 9.59 Å². The Morgan fingerprint density at radius 2 is 1.83 bits per heavy atom. The quantitative estimate of drug-likeness (QED) is 0.529. The highest BCUT2D eigenvalue weighted by molar-refractivity contribution is 6.02. The zero-order chi connectivity index (χ0) is 9.35. The van der Waals surface area contributed by atoms with E-state index < -0.39 is 24.3 Å². The van der Waals surface area contributed by atoms with E-state index in [-0.39, 0.29) is 18.6 Å². The van der Waals surface area contributed by atoms with Crippen LogP contribution in [-0.4, -0.2) is 17.7 Å². The van der Waals surface area contributed by atoms with Gasteiger partial charge in [0.05, 0.1) is 6.42 Å². The molecule has 0 bridgehead atoms. The number of hydrogen-bond acceptors (Lipinski definition) is 2. The van der Waals surface area contributed by atoms with E-state index in [4.69, 9.17) is 0 Å². The fraction of sp³-hybridized carbons (Fsp3) is 0.714. The first-order valence-corrected chi connectivity index (χ1v) is 3.52. The van der Waals surface area contributed by atoms with Gasteiger partial charge in [0.2, 0.25) is 0 Å². The lowest BCUT2D eigenvalue weighted by Gasteiger charge is -2.21. The molecule has 0 spiro atoms. The molecule has 0 aromatic heterocycles. The maximum absolute atomic E-state index is 12.0. The molecule has 1 unspecified atom stereocenters. The Morgan fingerprint density at radius 1 is 1.25 bits per heavy atom. The molecule has 12 heavy (non-hydrogen) atoms. The van der Waals surface area contributed by atoms with Crippen LogP contribution in [0.2, 0.25) is 0 Å². The van der Waals surface area contributed by atoms with Crippen LogP contribution in [0, 0.1) is 5.92 Å². The van der Waals surface area contributed by atoms with Crippen LogP contribution < -0.4 is 0 Å². The van der Waals surface area contributed by atoms with E-state index in [0.717, 1.165) is 0 Å². The number of carbonyl (C=O) groups excluding carboxylic acids is 2. The van der Waals surface area contributed by atoms with E-state index >= 15 is 0 Å². The van der Waals surface area contributed by atoms with Crippen molar-refractivity contribution >= 4 is 11.6 Å². The van der Waals surface area contributed by atoms with Crippen molar-refractivity contribution in [3.05, 3.63) is 0 Å². The van der Waals surface area contributed by atoms with Crippen molar-refractivity contribution in [3.8, 4) is 0 Å².